The fourth-order valence-corrected chi connectivity index (χ4v) is 3.61. The molecule has 0 saturated heterocycles. The standard InChI is InChI=1S/C16H19N3O2/c1-16(2)11(15(18)21)7-6-9-8-4-3-5-10(14(17)20)12(8)19-13(9)16/h3-5,11,19H,6-7H2,1-2H3,(H2,17,20)(H2,18,21). The highest BCUT2D eigenvalue weighted by molar-refractivity contribution is 6.06. The number of primary amides is 2. The van der Waals surface area contributed by atoms with Crippen LogP contribution < -0.4 is 11.5 Å². The van der Waals surface area contributed by atoms with E-state index in [4.69, 9.17) is 11.5 Å². The molecule has 5 nitrogen and oxygen atoms in total. The molecule has 1 aliphatic rings. The molecule has 110 valence electrons. The van der Waals surface area contributed by atoms with Crippen molar-refractivity contribution in [2.24, 2.45) is 17.4 Å². The van der Waals surface area contributed by atoms with Crippen molar-refractivity contribution in [3.63, 3.8) is 0 Å². The molecular weight excluding hydrogens is 266 g/mol. The van der Waals surface area contributed by atoms with Crippen molar-refractivity contribution in [1.29, 1.82) is 0 Å². The number of amides is 2. The van der Waals surface area contributed by atoms with Crippen LogP contribution in [0.3, 0.4) is 0 Å². The van der Waals surface area contributed by atoms with Gasteiger partial charge in [-0.25, -0.2) is 0 Å². The molecule has 5 N–H and O–H groups in total. The van der Waals surface area contributed by atoms with Gasteiger partial charge in [0.1, 0.15) is 0 Å². The molecule has 1 heterocycles. The zero-order chi connectivity index (χ0) is 15.4. The normalized spacial score (nSPS) is 20.2. The van der Waals surface area contributed by atoms with E-state index < -0.39 is 5.91 Å². The van der Waals surface area contributed by atoms with Crippen LogP contribution in [0.15, 0.2) is 18.2 Å². The van der Waals surface area contributed by atoms with Gasteiger partial charge in [0.05, 0.1) is 11.1 Å². The average molecular weight is 285 g/mol. The molecule has 0 aliphatic heterocycles. The summed E-state index contributed by atoms with van der Waals surface area (Å²) in [7, 11) is 0. The molecule has 2 aromatic rings. The van der Waals surface area contributed by atoms with Crippen molar-refractivity contribution in [3.05, 3.63) is 35.0 Å². The molecule has 0 bridgehead atoms. The summed E-state index contributed by atoms with van der Waals surface area (Å²) in [5.74, 6) is -0.946. The largest absolute Gasteiger partial charge is 0.369 e. The number of H-pyrrole nitrogens is 1. The number of para-hydroxylation sites is 1. The third-order valence-electron chi connectivity index (χ3n) is 4.75. The quantitative estimate of drug-likeness (QED) is 0.780. The Kier molecular flexibility index (Phi) is 2.83. The van der Waals surface area contributed by atoms with Gasteiger partial charge in [0.15, 0.2) is 0 Å². The van der Waals surface area contributed by atoms with Crippen LogP contribution in [0, 0.1) is 5.92 Å². The van der Waals surface area contributed by atoms with Crippen molar-refractivity contribution in [2.75, 3.05) is 0 Å². The molecule has 1 unspecified atom stereocenters. The zero-order valence-electron chi connectivity index (χ0n) is 12.2. The number of hydrogen-bond donors (Lipinski definition) is 3. The summed E-state index contributed by atoms with van der Waals surface area (Å²) in [5, 5.41) is 1.01. The highest BCUT2D eigenvalue weighted by atomic mass is 16.1. The Bertz CT molecular complexity index is 758. The maximum Gasteiger partial charge on any atom is 0.250 e. The first-order valence-corrected chi connectivity index (χ1v) is 7.07. The molecule has 0 spiro atoms. The van der Waals surface area contributed by atoms with Crippen molar-refractivity contribution >= 4 is 22.7 Å². The van der Waals surface area contributed by atoms with Crippen molar-refractivity contribution < 1.29 is 9.59 Å². The Morgan fingerprint density at radius 2 is 2.00 bits per heavy atom. The van der Waals surface area contributed by atoms with Crippen LogP contribution in [0.2, 0.25) is 0 Å². The van der Waals surface area contributed by atoms with E-state index in [2.05, 4.69) is 4.98 Å². The van der Waals surface area contributed by atoms with E-state index in [1.54, 1.807) is 6.07 Å². The summed E-state index contributed by atoms with van der Waals surface area (Å²) in [6, 6.07) is 5.53. The van der Waals surface area contributed by atoms with E-state index >= 15 is 0 Å². The van der Waals surface area contributed by atoms with Gasteiger partial charge in [-0.1, -0.05) is 26.0 Å². The van der Waals surface area contributed by atoms with Crippen LogP contribution in [-0.4, -0.2) is 16.8 Å². The number of nitrogens with one attached hydrogen (secondary N) is 1. The summed E-state index contributed by atoms with van der Waals surface area (Å²) >= 11 is 0. The first kappa shape index (κ1) is 13.7. The predicted molar refractivity (Wildman–Crippen MR) is 80.8 cm³/mol. The number of hydrogen-bond acceptors (Lipinski definition) is 2. The minimum atomic E-state index is -0.455. The van der Waals surface area contributed by atoms with Crippen molar-refractivity contribution in [1.82, 2.24) is 4.98 Å². The fourth-order valence-electron chi connectivity index (χ4n) is 3.61. The molecule has 0 saturated carbocycles. The van der Waals surface area contributed by atoms with E-state index in [-0.39, 0.29) is 17.2 Å². The Morgan fingerprint density at radius 1 is 1.29 bits per heavy atom. The van der Waals surface area contributed by atoms with Gasteiger partial charge < -0.3 is 16.5 Å². The third kappa shape index (κ3) is 1.84. The second-order valence-corrected chi connectivity index (χ2v) is 6.29. The van der Waals surface area contributed by atoms with E-state index in [1.807, 2.05) is 26.0 Å². The van der Waals surface area contributed by atoms with Gasteiger partial charge in [-0.2, -0.15) is 0 Å². The van der Waals surface area contributed by atoms with Crippen LogP contribution in [0.5, 0.6) is 0 Å². The van der Waals surface area contributed by atoms with Gasteiger partial charge >= 0.3 is 0 Å². The maximum atomic E-state index is 11.7. The van der Waals surface area contributed by atoms with Gasteiger partial charge in [-0.05, 0) is 24.5 Å². The minimum absolute atomic E-state index is 0.213. The fraction of sp³-hybridized carbons (Fsp3) is 0.375. The van der Waals surface area contributed by atoms with Crippen molar-refractivity contribution in [3.8, 4) is 0 Å². The second-order valence-electron chi connectivity index (χ2n) is 6.29. The molecule has 0 fully saturated rings. The number of carbonyl (C=O) groups is 2. The number of aromatic nitrogens is 1. The zero-order valence-corrected chi connectivity index (χ0v) is 12.2. The van der Waals surface area contributed by atoms with Gasteiger partial charge in [0, 0.05) is 22.4 Å². The second kappa shape index (κ2) is 4.35. The number of fused-ring (bicyclic) bond motifs is 3. The molecule has 1 atom stereocenters. The number of benzene rings is 1. The SMILES string of the molecule is CC1(C)c2[nH]c3c(C(N)=O)cccc3c2CCC1C(N)=O. The maximum absolute atomic E-state index is 11.7. The topological polar surface area (TPSA) is 102 Å². The Balaban J connectivity index is 2.28. The van der Waals surface area contributed by atoms with Crippen molar-refractivity contribution in [2.45, 2.75) is 32.1 Å². The third-order valence-corrected chi connectivity index (χ3v) is 4.75. The molecule has 1 aliphatic carbocycles. The van der Waals surface area contributed by atoms with Gasteiger partial charge in [-0.3, -0.25) is 9.59 Å². The number of carbonyl (C=O) groups excluding carboxylic acids is 2. The van der Waals surface area contributed by atoms with Gasteiger partial charge in [0.2, 0.25) is 5.91 Å². The Hall–Kier alpha value is -2.30. The summed E-state index contributed by atoms with van der Waals surface area (Å²) < 4.78 is 0. The van der Waals surface area contributed by atoms with Crippen LogP contribution >= 0.6 is 0 Å². The predicted octanol–water partition coefficient (Wildman–Crippen LogP) is 1.59. The molecule has 5 heteroatoms. The number of rotatable bonds is 2. The first-order chi connectivity index (χ1) is 9.84. The van der Waals surface area contributed by atoms with Gasteiger partial charge in [-0.15, -0.1) is 0 Å². The molecule has 21 heavy (non-hydrogen) atoms. The highest BCUT2D eigenvalue weighted by Crippen LogP contribution is 2.43. The van der Waals surface area contributed by atoms with Crippen LogP contribution in [0.4, 0.5) is 0 Å². The molecule has 2 amide bonds. The lowest BCUT2D eigenvalue weighted by Crippen LogP contribution is -2.42. The molecule has 1 aromatic carbocycles. The Morgan fingerprint density at radius 3 is 2.62 bits per heavy atom. The molecule has 1 aromatic heterocycles. The monoisotopic (exact) mass is 285 g/mol. The molecule has 0 radical (unpaired) electrons. The lowest BCUT2D eigenvalue weighted by molar-refractivity contribution is -0.124. The highest BCUT2D eigenvalue weighted by Gasteiger charge is 2.41. The van der Waals surface area contributed by atoms with Crippen LogP contribution in [-0.2, 0) is 16.6 Å². The van der Waals surface area contributed by atoms with Crippen LogP contribution in [0.1, 0.15) is 41.9 Å². The smallest absolute Gasteiger partial charge is 0.250 e. The van der Waals surface area contributed by atoms with Gasteiger partial charge in [0.25, 0.3) is 5.91 Å². The summed E-state index contributed by atoms with van der Waals surface area (Å²) in [6.07, 6.45) is 1.50. The summed E-state index contributed by atoms with van der Waals surface area (Å²) in [4.78, 5) is 26.6. The number of aromatic amines is 1. The number of aryl methyl sites for hydroxylation is 1. The first-order valence-electron chi connectivity index (χ1n) is 7.07. The lowest BCUT2D eigenvalue weighted by Gasteiger charge is -2.36. The Labute approximate surface area is 122 Å². The molecular formula is C16H19N3O2. The van der Waals surface area contributed by atoms with Crippen LogP contribution in [0.25, 0.3) is 10.9 Å². The molecule has 3 rings (SSSR count). The van der Waals surface area contributed by atoms with E-state index in [0.717, 1.165) is 35.0 Å². The van der Waals surface area contributed by atoms with E-state index in [1.165, 1.54) is 0 Å². The van der Waals surface area contributed by atoms with E-state index in [9.17, 15) is 9.59 Å². The minimum Gasteiger partial charge on any atom is -0.369 e. The summed E-state index contributed by atoms with van der Waals surface area (Å²) in [5.41, 5.74) is 14.0. The van der Waals surface area contributed by atoms with E-state index in [0.29, 0.717) is 5.56 Å². The number of nitrogens with two attached hydrogens (primary N) is 2. The summed E-state index contributed by atoms with van der Waals surface area (Å²) in [6.45, 7) is 4.03. The lowest BCUT2D eigenvalue weighted by atomic mass is 9.68. The average Bonchev–Trinajstić information content (AvgIpc) is 2.78.